The molecule has 1 aromatic heterocycles. The Morgan fingerprint density at radius 2 is 1.69 bits per heavy atom. The van der Waals surface area contributed by atoms with Crippen molar-refractivity contribution >= 4 is 46.8 Å². The van der Waals surface area contributed by atoms with Gasteiger partial charge >= 0.3 is 5.97 Å². The maximum absolute atomic E-state index is 12.5. The molecule has 3 rings (SSSR count). The van der Waals surface area contributed by atoms with Gasteiger partial charge in [-0.3, -0.25) is 9.59 Å². The lowest BCUT2D eigenvalue weighted by Gasteiger charge is -2.15. The van der Waals surface area contributed by atoms with Crippen molar-refractivity contribution < 1.29 is 19.1 Å². The highest BCUT2D eigenvalue weighted by atomic mass is 35.5. The molecule has 0 saturated heterocycles. The molecule has 0 saturated carbocycles. The first kappa shape index (κ1) is 26.2. The fourth-order valence-electron chi connectivity index (χ4n) is 3.20. The first-order valence-corrected chi connectivity index (χ1v) is 12.4. The van der Waals surface area contributed by atoms with Gasteiger partial charge in [-0.15, -0.1) is 10.2 Å². The molecular formula is C24H26ClN5O4S. The monoisotopic (exact) mass is 515 g/mol. The van der Waals surface area contributed by atoms with Gasteiger partial charge in [0, 0.05) is 22.8 Å². The smallest absolute Gasteiger partial charge is 0.338 e. The van der Waals surface area contributed by atoms with Crippen molar-refractivity contribution in [1.29, 1.82) is 0 Å². The Bertz CT molecular complexity index is 1180. The van der Waals surface area contributed by atoms with Crippen LogP contribution in [0.5, 0.6) is 0 Å². The maximum atomic E-state index is 12.5. The first-order valence-electron chi connectivity index (χ1n) is 11.0. The molecule has 35 heavy (non-hydrogen) atoms. The Hall–Kier alpha value is -3.37. The minimum atomic E-state index is -0.408. The molecule has 0 unspecified atom stereocenters. The van der Waals surface area contributed by atoms with E-state index in [1.54, 1.807) is 55.5 Å². The van der Waals surface area contributed by atoms with Gasteiger partial charge in [-0.1, -0.05) is 23.4 Å². The molecule has 11 heteroatoms. The maximum Gasteiger partial charge on any atom is 0.338 e. The molecule has 2 N–H and O–H groups in total. The highest BCUT2D eigenvalue weighted by Gasteiger charge is 2.20. The third kappa shape index (κ3) is 7.06. The normalized spacial score (nSPS) is 11.5. The van der Waals surface area contributed by atoms with E-state index in [0.29, 0.717) is 46.0 Å². The van der Waals surface area contributed by atoms with Gasteiger partial charge in [0.1, 0.15) is 0 Å². The number of hydrogen-bond acceptors (Lipinski definition) is 7. The van der Waals surface area contributed by atoms with E-state index in [9.17, 15) is 14.4 Å². The number of anilines is 1. The van der Waals surface area contributed by atoms with Gasteiger partial charge in [0.15, 0.2) is 11.0 Å². The lowest BCUT2D eigenvalue weighted by atomic mass is 10.2. The summed E-state index contributed by atoms with van der Waals surface area (Å²) < 4.78 is 6.81. The summed E-state index contributed by atoms with van der Waals surface area (Å²) in [4.78, 5) is 36.7. The van der Waals surface area contributed by atoms with Crippen molar-refractivity contribution in [3.05, 3.63) is 70.5 Å². The molecule has 3 aromatic rings. The zero-order valence-electron chi connectivity index (χ0n) is 19.6. The number of nitrogens with one attached hydrogen (secondary N) is 2. The van der Waals surface area contributed by atoms with E-state index in [4.69, 9.17) is 16.3 Å². The first-order chi connectivity index (χ1) is 16.8. The fraction of sp³-hybridized carbons (Fsp3) is 0.292. The standard InChI is InChI=1S/C24H26ClN5O4S/c1-4-30-21(15(3)26-22(32)16-6-10-18(25)11-7-16)28-29-24(30)35-14-20(31)27-19-12-8-17(9-13-19)23(33)34-5-2/h6-13,15H,4-5,14H2,1-3H3,(H,26,32)(H,27,31)/t15-/m1/s1. The number of carbonyl (C=O) groups is 3. The third-order valence-electron chi connectivity index (χ3n) is 4.92. The van der Waals surface area contributed by atoms with Crippen molar-refractivity contribution in [3.63, 3.8) is 0 Å². The second-order valence-electron chi connectivity index (χ2n) is 7.42. The van der Waals surface area contributed by atoms with E-state index >= 15 is 0 Å². The Labute approximate surface area is 212 Å². The van der Waals surface area contributed by atoms with Gasteiger partial charge in [0.05, 0.1) is 24.0 Å². The lowest BCUT2D eigenvalue weighted by Crippen LogP contribution is -2.28. The number of amides is 2. The van der Waals surface area contributed by atoms with Crippen molar-refractivity contribution in [1.82, 2.24) is 20.1 Å². The zero-order chi connectivity index (χ0) is 25.4. The number of thioether (sulfide) groups is 1. The Kier molecular flexibility index (Phi) is 9.27. The summed E-state index contributed by atoms with van der Waals surface area (Å²) in [7, 11) is 0. The molecule has 2 aromatic carbocycles. The number of rotatable bonds is 10. The number of nitrogens with zero attached hydrogens (tertiary/aromatic N) is 3. The van der Waals surface area contributed by atoms with Crippen LogP contribution in [0.25, 0.3) is 0 Å². The molecule has 0 radical (unpaired) electrons. The van der Waals surface area contributed by atoms with Crippen molar-refractivity contribution in [3.8, 4) is 0 Å². The van der Waals surface area contributed by atoms with Crippen LogP contribution in [0.15, 0.2) is 53.7 Å². The third-order valence-corrected chi connectivity index (χ3v) is 6.13. The van der Waals surface area contributed by atoms with Gasteiger partial charge in [-0.05, 0) is 69.3 Å². The minimum absolute atomic E-state index is 0.114. The summed E-state index contributed by atoms with van der Waals surface area (Å²) in [5.41, 5.74) is 1.48. The van der Waals surface area contributed by atoms with Gasteiger partial charge in [0.2, 0.25) is 5.91 Å². The number of ether oxygens (including phenoxy) is 1. The molecule has 0 fully saturated rings. The molecule has 0 aliphatic rings. The van der Waals surface area contributed by atoms with E-state index in [-0.39, 0.29) is 17.6 Å². The summed E-state index contributed by atoms with van der Waals surface area (Å²) in [6, 6.07) is 12.7. The van der Waals surface area contributed by atoms with Crippen LogP contribution in [-0.2, 0) is 16.1 Å². The zero-order valence-corrected chi connectivity index (χ0v) is 21.2. The van der Waals surface area contributed by atoms with Gasteiger partial charge < -0.3 is 19.9 Å². The van der Waals surface area contributed by atoms with Crippen molar-refractivity contribution in [2.24, 2.45) is 0 Å². The van der Waals surface area contributed by atoms with E-state index in [2.05, 4.69) is 20.8 Å². The predicted molar refractivity (Wildman–Crippen MR) is 135 cm³/mol. The average Bonchev–Trinajstić information content (AvgIpc) is 3.27. The largest absolute Gasteiger partial charge is 0.462 e. The van der Waals surface area contributed by atoms with Gasteiger partial charge in [-0.2, -0.15) is 0 Å². The van der Waals surface area contributed by atoms with Gasteiger partial charge in [0.25, 0.3) is 5.91 Å². The second-order valence-corrected chi connectivity index (χ2v) is 8.80. The molecule has 0 bridgehead atoms. The predicted octanol–water partition coefficient (Wildman–Crippen LogP) is 4.35. The SMILES string of the molecule is CCOC(=O)c1ccc(NC(=O)CSc2nnc([C@@H](C)NC(=O)c3ccc(Cl)cc3)n2CC)cc1. The van der Waals surface area contributed by atoms with Crippen LogP contribution in [0.3, 0.4) is 0 Å². The molecule has 9 nitrogen and oxygen atoms in total. The molecular weight excluding hydrogens is 490 g/mol. The topological polar surface area (TPSA) is 115 Å². The average molecular weight is 516 g/mol. The number of carbonyl (C=O) groups excluding carboxylic acids is 3. The second kappa shape index (κ2) is 12.4. The Morgan fingerprint density at radius 3 is 2.31 bits per heavy atom. The van der Waals surface area contributed by atoms with Crippen molar-refractivity contribution in [2.45, 2.75) is 38.5 Å². The van der Waals surface area contributed by atoms with Crippen LogP contribution in [0.2, 0.25) is 5.02 Å². The molecule has 1 heterocycles. The van der Waals surface area contributed by atoms with Crippen LogP contribution in [0.1, 0.15) is 53.4 Å². The molecule has 2 amide bonds. The Balaban J connectivity index is 1.57. The minimum Gasteiger partial charge on any atom is -0.462 e. The summed E-state index contributed by atoms with van der Waals surface area (Å²) in [6.45, 7) is 6.38. The van der Waals surface area contributed by atoms with Crippen LogP contribution in [0, 0.1) is 0 Å². The lowest BCUT2D eigenvalue weighted by molar-refractivity contribution is -0.113. The highest BCUT2D eigenvalue weighted by molar-refractivity contribution is 7.99. The summed E-state index contributed by atoms with van der Waals surface area (Å²) in [5, 5.41) is 15.3. The van der Waals surface area contributed by atoms with Crippen molar-refractivity contribution in [2.75, 3.05) is 17.7 Å². The summed E-state index contributed by atoms with van der Waals surface area (Å²) in [5.74, 6) is -0.178. The number of benzene rings is 2. The van der Waals surface area contributed by atoms with E-state index < -0.39 is 12.0 Å². The van der Waals surface area contributed by atoms with Crippen LogP contribution in [-0.4, -0.2) is 44.9 Å². The highest BCUT2D eigenvalue weighted by Crippen LogP contribution is 2.21. The molecule has 0 aliphatic carbocycles. The number of esters is 1. The quantitative estimate of drug-likeness (QED) is 0.304. The fourth-order valence-corrected chi connectivity index (χ4v) is 4.14. The number of hydrogen-bond donors (Lipinski definition) is 2. The molecule has 0 aliphatic heterocycles. The van der Waals surface area contributed by atoms with E-state index in [0.717, 1.165) is 0 Å². The number of halogens is 1. The number of aromatic nitrogens is 3. The van der Waals surface area contributed by atoms with Crippen LogP contribution in [0.4, 0.5) is 5.69 Å². The van der Waals surface area contributed by atoms with E-state index in [1.807, 2.05) is 18.4 Å². The van der Waals surface area contributed by atoms with Crippen LogP contribution < -0.4 is 10.6 Å². The molecule has 1 atom stereocenters. The molecule has 0 spiro atoms. The Morgan fingerprint density at radius 1 is 1.03 bits per heavy atom. The summed E-state index contributed by atoms with van der Waals surface area (Å²) in [6.07, 6.45) is 0. The molecule has 184 valence electrons. The van der Waals surface area contributed by atoms with Gasteiger partial charge in [-0.25, -0.2) is 4.79 Å². The summed E-state index contributed by atoms with van der Waals surface area (Å²) >= 11 is 7.13. The van der Waals surface area contributed by atoms with Crippen LogP contribution >= 0.6 is 23.4 Å². The van der Waals surface area contributed by atoms with E-state index in [1.165, 1.54) is 11.8 Å².